The number of hydrogen-bond acceptors (Lipinski definition) is 3. The molecular formula is C10H15FO3. The Morgan fingerprint density at radius 2 is 2.00 bits per heavy atom. The van der Waals surface area contributed by atoms with Gasteiger partial charge >= 0.3 is 0 Å². The van der Waals surface area contributed by atoms with E-state index in [1.807, 2.05) is 6.08 Å². The number of ether oxygens (including phenoxy) is 2. The maximum atomic E-state index is 13.4. The summed E-state index contributed by atoms with van der Waals surface area (Å²) < 4.78 is 24.0. The lowest BCUT2D eigenvalue weighted by Crippen LogP contribution is -2.31. The smallest absolute Gasteiger partial charge is 0.164 e. The highest BCUT2D eigenvalue weighted by atomic mass is 19.1. The van der Waals surface area contributed by atoms with Crippen LogP contribution in [0.3, 0.4) is 0 Å². The first-order valence-corrected chi connectivity index (χ1v) is 4.97. The van der Waals surface area contributed by atoms with Gasteiger partial charge in [-0.3, -0.25) is 0 Å². The molecule has 1 heterocycles. The van der Waals surface area contributed by atoms with Crippen LogP contribution < -0.4 is 0 Å². The van der Waals surface area contributed by atoms with Gasteiger partial charge in [-0.2, -0.15) is 0 Å². The molecule has 0 amide bonds. The van der Waals surface area contributed by atoms with E-state index in [1.54, 1.807) is 6.08 Å². The minimum absolute atomic E-state index is 0.00435. The van der Waals surface area contributed by atoms with Crippen molar-refractivity contribution in [3.63, 3.8) is 0 Å². The molecule has 1 fully saturated rings. The van der Waals surface area contributed by atoms with E-state index in [-0.39, 0.29) is 24.7 Å². The summed E-state index contributed by atoms with van der Waals surface area (Å²) in [5, 5.41) is 8.86. The first-order chi connectivity index (χ1) is 6.81. The van der Waals surface area contributed by atoms with Crippen molar-refractivity contribution in [1.29, 1.82) is 0 Å². The number of hydrogen-bond donors (Lipinski definition) is 1. The summed E-state index contributed by atoms with van der Waals surface area (Å²) in [5.74, 6) is -0.358. The second kappa shape index (κ2) is 4.38. The largest absolute Gasteiger partial charge is 0.396 e. The zero-order valence-corrected chi connectivity index (χ0v) is 7.93. The summed E-state index contributed by atoms with van der Waals surface area (Å²) >= 11 is 0. The first-order valence-electron chi connectivity index (χ1n) is 4.97. The normalized spacial score (nSPS) is 39.1. The molecule has 3 unspecified atom stereocenters. The summed E-state index contributed by atoms with van der Waals surface area (Å²) in [5.41, 5.74) is 0. The van der Waals surface area contributed by atoms with E-state index in [2.05, 4.69) is 0 Å². The molecular weight excluding hydrogens is 187 g/mol. The Bertz CT molecular complexity index is 213. The summed E-state index contributed by atoms with van der Waals surface area (Å²) in [6.07, 6.45) is 2.73. The van der Waals surface area contributed by atoms with Crippen LogP contribution in [0.15, 0.2) is 12.2 Å². The number of alkyl halides is 1. The molecule has 0 saturated carbocycles. The second-order valence-corrected chi connectivity index (χ2v) is 3.76. The molecule has 2 rings (SSSR count). The van der Waals surface area contributed by atoms with E-state index in [1.165, 1.54) is 0 Å². The molecule has 0 aromatic carbocycles. The molecule has 14 heavy (non-hydrogen) atoms. The monoisotopic (exact) mass is 202 g/mol. The van der Waals surface area contributed by atoms with E-state index < -0.39 is 6.17 Å². The highest BCUT2D eigenvalue weighted by Gasteiger charge is 2.33. The molecule has 3 atom stereocenters. The van der Waals surface area contributed by atoms with Crippen LogP contribution in [0, 0.1) is 11.8 Å². The van der Waals surface area contributed by atoms with Crippen LogP contribution in [0.1, 0.15) is 6.42 Å². The minimum atomic E-state index is -0.984. The van der Waals surface area contributed by atoms with Crippen molar-refractivity contribution in [2.24, 2.45) is 11.8 Å². The standard InChI is InChI=1S/C10H15FO3/c11-9-5-7(1-2-8(9)6-12)10-13-3-4-14-10/h1-2,7-10,12H,3-6H2. The number of aliphatic hydroxyl groups excluding tert-OH is 1. The van der Waals surface area contributed by atoms with Gasteiger partial charge in [-0.15, -0.1) is 0 Å². The van der Waals surface area contributed by atoms with Crippen molar-refractivity contribution in [2.75, 3.05) is 19.8 Å². The van der Waals surface area contributed by atoms with Gasteiger partial charge in [0.15, 0.2) is 6.29 Å². The molecule has 0 radical (unpaired) electrons. The summed E-state index contributed by atoms with van der Waals surface area (Å²) in [7, 11) is 0. The molecule has 1 aliphatic carbocycles. The topological polar surface area (TPSA) is 38.7 Å². The van der Waals surface area contributed by atoms with Gasteiger partial charge in [0.2, 0.25) is 0 Å². The highest BCUT2D eigenvalue weighted by molar-refractivity contribution is 5.03. The minimum Gasteiger partial charge on any atom is -0.396 e. The summed E-state index contributed by atoms with van der Waals surface area (Å²) in [6, 6.07) is 0. The fourth-order valence-corrected chi connectivity index (χ4v) is 1.92. The SMILES string of the molecule is OCC1C=CC(C2OCCO2)CC1F. The molecule has 4 heteroatoms. The van der Waals surface area contributed by atoms with Gasteiger partial charge in [0.05, 0.1) is 19.8 Å². The molecule has 0 aromatic heterocycles. The van der Waals surface area contributed by atoms with Crippen LogP contribution in [0.25, 0.3) is 0 Å². The maximum absolute atomic E-state index is 13.4. The van der Waals surface area contributed by atoms with Crippen molar-refractivity contribution < 1.29 is 19.0 Å². The van der Waals surface area contributed by atoms with Crippen LogP contribution >= 0.6 is 0 Å². The average molecular weight is 202 g/mol. The molecule has 0 spiro atoms. The molecule has 1 aliphatic heterocycles. The van der Waals surface area contributed by atoms with Gasteiger partial charge in [0, 0.05) is 11.8 Å². The lowest BCUT2D eigenvalue weighted by molar-refractivity contribution is -0.0806. The van der Waals surface area contributed by atoms with Crippen molar-refractivity contribution in [2.45, 2.75) is 18.9 Å². The van der Waals surface area contributed by atoms with E-state index in [9.17, 15) is 4.39 Å². The van der Waals surface area contributed by atoms with Crippen LogP contribution in [0.2, 0.25) is 0 Å². The molecule has 0 bridgehead atoms. The Kier molecular flexibility index (Phi) is 3.15. The number of halogens is 1. The zero-order valence-electron chi connectivity index (χ0n) is 7.93. The van der Waals surface area contributed by atoms with E-state index >= 15 is 0 Å². The predicted molar refractivity (Wildman–Crippen MR) is 48.4 cm³/mol. The van der Waals surface area contributed by atoms with Gasteiger partial charge in [-0.05, 0) is 6.42 Å². The van der Waals surface area contributed by atoms with Gasteiger partial charge in [-0.1, -0.05) is 12.2 Å². The summed E-state index contributed by atoms with van der Waals surface area (Å²) in [6.45, 7) is 1.06. The van der Waals surface area contributed by atoms with Crippen molar-refractivity contribution >= 4 is 0 Å². The second-order valence-electron chi connectivity index (χ2n) is 3.76. The van der Waals surface area contributed by atoms with Crippen LogP contribution in [-0.2, 0) is 9.47 Å². The number of aliphatic hydroxyl groups is 1. The van der Waals surface area contributed by atoms with E-state index in [0.29, 0.717) is 19.6 Å². The average Bonchev–Trinajstić information content (AvgIpc) is 2.70. The zero-order chi connectivity index (χ0) is 9.97. The lowest BCUT2D eigenvalue weighted by Gasteiger charge is -2.27. The predicted octanol–water partition coefficient (Wildman–Crippen LogP) is 0.882. The molecule has 2 aliphatic rings. The Morgan fingerprint density at radius 1 is 1.29 bits per heavy atom. The van der Waals surface area contributed by atoms with Gasteiger partial charge in [-0.25, -0.2) is 4.39 Å². The van der Waals surface area contributed by atoms with Gasteiger partial charge < -0.3 is 14.6 Å². The highest BCUT2D eigenvalue weighted by Crippen LogP contribution is 2.30. The fraction of sp³-hybridized carbons (Fsp3) is 0.800. The first kappa shape index (κ1) is 10.1. The van der Waals surface area contributed by atoms with Crippen molar-refractivity contribution in [3.05, 3.63) is 12.2 Å². The van der Waals surface area contributed by atoms with Crippen LogP contribution in [0.4, 0.5) is 4.39 Å². The number of rotatable bonds is 2. The van der Waals surface area contributed by atoms with E-state index in [0.717, 1.165) is 0 Å². The summed E-state index contributed by atoms with van der Waals surface area (Å²) in [4.78, 5) is 0. The third-order valence-electron chi connectivity index (χ3n) is 2.78. The van der Waals surface area contributed by atoms with Crippen molar-refractivity contribution in [1.82, 2.24) is 0 Å². The van der Waals surface area contributed by atoms with Gasteiger partial charge in [0.25, 0.3) is 0 Å². The third kappa shape index (κ3) is 1.97. The Morgan fingerprint density at radius 3 is 2.57 bits per heavy atom. The quantitative estimate of drug-likeness (QED) is 0.676. The van der Waals surface area contributed by atoms with E-state index in [4.69, 9.17) is 14.6 Å². The van der Waals surface area contributed by atoms with Gasteiger partial charge in [0.1, 0.15) is 6.17 Å². The molecule has 0 aromatic rings. The Balaban J connectivity index is 1.96. The Labute approximate surface area is 82.5 Å². The fourth-order valence-electron chi connectivity index (χ4n) is 1.92. The van der Waals surface area contributed by atoms with Crippen molar-refractivity contribution in [3.8, 4) is 0 Å². The molecule has 1 N–H and O–H groups in total. The molecule has 80 valence electrons. The Hall–Kier alpha value is -0.450. The lowest BCUT2D eigenvalue weighted by atomic mass is 9.87. The van der Waals surface area contributed by atoms with Crippen LogP contribution in [0.5, 0.6) is 0 Å². The third-order valence-corrected chi connectivity index (χ3v) is 2.78. The molecule has 3 nitrogen and oxygen atoms in total. The van der Waals surface area contributed by atoms with Crippen LogP contribution in [-0.4, -0.2) is 37.4 Å². The maximum Gasteiger partial charge on any atom is 0.164 e. The molecule has 1 saturated heterocycles.